The third kappa shape index (κ3) is 66.8. The Bertz CT molecular complexity index is 1360. The number of nitrogens with one attached hydrogen (secondary N) is 1. The minimum atomic E-state index is -0.849. The van der Waals surface area contributed by atoms with Crippen LogP contribution >= 0.6 is 0 Å². The second kappa shape index (κ2) is 70.3. The first-order valence-electron chi connectivity index (χ1n) is 36.4. The van der Waals surface area contributed by atoms with Gasteiger partial charge in [0, 0.05) is 12.8 Å². The van der Waals surface area contributed by atoms with Gasteiger partial charge in [0.15, 0.2) is 0 Å². The molecule has 0 rings (SSSR count). The summed E-state index contributed by atoms with van der Waals surface area (Å²) < 4.78 is 5.48. The van der Waals surface area contributed by atoms with Crippen molar-refractivity contribution in [2.75, 3.05) is 13.2 Å². The van der Waals surface area contributed by atoms with E-state index < -0.39 is 12.1 Å². The van der Waals surface area contributed by atoms with E-state index in [4.69, 9.17) is 4.74 Å². The van der Waals surface area contributed by atoms with Gasteiger partial charge in [-0.1, -0.05) is 339 Å². The standard InChI is InChI=1S/C75H141NO5/c1-3-5-7-9-11-13-15-17-19-20-21-22-23-27-30-33-36-40-43-47-51-55-59-63-67-73(78)72(71-77)76-74(79)68-64-60-56-52-48-44-41-37-34-31-28-25-24-26-29-32-35-38-42-46-50-54-58-62-66-70-81-75(80)69-65-61-57-53-49-45-39-18-16-14-12-10-8-6-4-2/h12,14,18,25,28,39,63,67,72-73,77-78H,3-11,13,15-17,19-24,26-27,29-38,40-62,64-66,68-71H2,1-2H3,(H,76,79)/b14-12-,28-25-,39-18-,67-63+. The molecular formula is C75H141NO5. The maximum absolute atomic E-state index is 12.5. The van der Waals surface area contributed by atoms with Crippen molar-refractivity contribution < 1.29 is 24.5 Å². The lowest BCUT2D eigenvalue weighted by molar-refractivity contribution is -0.143. The van der Waals surface area contributed by atoms with Gasteiger partial charge in [0.1, 0.15) is 0 Å². The molecule has 0 fully saturated rings. The predicted molar refractivity (Wildman–Crippen MR) is 356 cm³/mol. The summed E-state index contributed by atoms with van der Waals surface area (Å²) >= 11 is 0. The highest BCUT2D eigenvalue weighted by atomic mass is 16.5. The minimum absolute atomic E-state index is 0.000705. The van der Waals surface area contributed by atoms with Crippen molar-refractivity contribution in [1.82, 2.24) is 5.32 Å². The van der Waals surface area contributed by atoms with Gasteiger partial charge in [-0.05, 0) is 89.9 Å². The molecule has 0 aliphatic rings. The third-order valence-corrected chi connectivity index (χ3v) is 16.8. The summed E-state index contributed by atoms with van der Waals surface area (Å²) in [7, 11) is 0. The average Bonchev–Trinajstić information content (AvgIpc) is 3.47. The molecule has 0 saturated heterocycles. The number of hydrogen-bond donors (Lipinski definition) is 3. The molecule has 0 aromatic heterocycles. The molecule has 2 atom stereocenters. The molecule has 0 aromatic rings. The second-order valence-electron chi connectivity index (χ2n) is 24.9. The molecule has 0 aliphatic carbocycles. The molecule has 2 unspecified atom stereocenters. The van der Waals surface area contributed by atoms with Gasteiger partial charge in [0.25, 0.3) is 0 Å². The van der Waals surface area contributed by atoms with Crippen molar-refractivity contribution >= 4 is 11.9 Å². The van der Waals surface area contributed by atoms with Gasteiger partial charge in [0.2, 0.25) is 5.91 Å². The summed E-state index contributed by atoms with van der Waals surface area (Å²) in [4.78, 5) is 24.6. The largest absolute Gasteiger partial charge is 0.466 e. The van der Waals surface area contributed by atoms with Crippen LogP contribution in [0.1, 0.15) is 393 Å². The van der Waals surface area contributed by atoms with Crippen LogP contribution in [0.4, 0.5) is 0 Å². The number of aliphatic hydroxyl groups excluding tert-OH is 2. The van der Waals surface area contributed by atoms with E-state index in [0.29, 0.717) is 19.4 Å². The molecule has 0 aliphatic heterocycles. The van der Waals surface area contributed by atoms with Crippen LogP contribution in [0.25, 0.3) is 0 Å². The number of ether oxygens (including phenoxy) is 1. The highest BCUT2D eigenvalue weighted by Crippen LogP contribution is 2.18. The smallest absolute Gasteiger partial charge is 0.305 e. The van der Waals surface area contributed by atoms with Gasteiger partial charge in [-0.2, -0.15) is 0 Å². The molecule has 3 N–H and O–H groups in total. The molecule has 6 heteroatoms. The van der Waals surface area contributed by atoms with Crippen molar-refractivity contribution in [3.8, 4) is 0 Å². The molecule has 476 valence electrons. The number of carbonyl (C=O) groups is 2. The molecule has 6 nitrogen and oxygen atoms in total. The fourth-order valence-electron chi connectivity index (χ4n) is 11.3. The summed E-state index contributed by atoms with van der Waals surface area (Å²) in [5, 5.41) is 23.3. The number of esters is 1. The summed E-state index contributed by atoms with van der Waals surface area (Å²) in [5.74, 6) is -0.0682. The lowest BCUT2D eigenvalue weighted by atomic mass is 10.0. The number of aliphatic hydroxyl groups is 2. The lowest BCUT2D eigenvalue weighted by Gasteiger charge is -2.20. The van der Waals surface area contributed by atoms with Gasteiger partial charge < -0.3 is 20.3 Å². The van der Waals surface area contributed by atoms with Gasteiger partial charge in [-0.3, -0.25) is 9.59 Å². The molecular weight excluding hydrogens is 995 g/mol. The Hall–Kier alpha value is -2.18. The quantitative estimate of drug-likeness (QED) is 0.0320. The topological polar surface area (TPSA) is 95.9 Å². The van der Waals surface area contributed by atoms with Crippen LogP contribution in [0.5, 0.6) is 0 Å². The molecule has 0 heterocycles. The lowest BCUT2D eigenvalue weighted by Crippen LogP contribution is -2.45. The maximum atomic E-state index is 12.5. The van der Waals surface area contributed by atoms with Gasteiger partial charge in [-0.25, -0.2) is 0 Å². The van der Waals surface area contributed by atoms with Crippen LogP contribution in [-0.4, -0.2) is 47.4 Å². The summed E-state index contributed by atoms with van der Waals surface area (Å²) in [6, 6.07) is -0.633. The van der Waals surface area contributed by atoms with Crippen molar-refractivity contribution in [2.45, 2.75) is 405 Å². The molecule has 0 spiro atoms. The molecule has 0 radical (unpaired) electrons. The van der Waals surface area contributed by atoms with Crippen molar-refractivity contribution in [3.05, 3.63) is 48.6 Å². The summed E-state index contributed by atoms with van der Waals surface area (Å²) in [6.45, 7) is 4.90. The Balaban J connectivity index is 3.43. The first-order chi connectivity index (χ1) is 40.0. The van der Waals surface area contributed by atoms with Crippen molar-refractivity contribution in [3.63, 3.8) is 0 Å². The van der Waals surface area contributed by atoms with E-state index in [-0.39, 0.29) is 18.5 Å². The number of carbonyl (C=O) groups excluding carboxylic acids is 2. The Kier molecular flexibility index (Phi) is 68.4. The van der Waals surface area contributed by atoms with Crippen LogP contribution in [0.2, 0.25) is 0 Å². The third-order valence-electron chi connectivity index (χ3n) is 16.8. The fourth-order valence-corrected chi connectivity index (χ4v) is 11.3. The minimum Gasteiger partial charge on any atom is -0.466 e. The maximum Gasteiger partial charge on any atom is 0.305 e. The number of amides is 1. The van der Waals surface area contributed by atoms with Crippen LogP contribution in [-0.2, 0) is 14.3 Å². The van der Waals surface area contributed by atoms with E-state index in [9.17, 15) is 19.8 Å². The number of allylic oxidation sites excluding steroid dienone is 7. The van der Waals surface area contributed by atoms with Crippen LogP contribution in [0.3, 0.4) is 0 Å². The van der Waals surface area contributed by atoms with E-state index in [1.165, 1.54) is 315 Å². The molecule has 1 amide bonds. The number of hydrogen-bond acceptors (Lipinski definition) is 5. The molecule has 81 heavy (non-hydrogen) atoms. The fraction of sp³-hybridized carbons (Fsp3) is 0.867. The highest BCUT2D eigenvalue weighted by molar-refractivity contribution is 5.76. The molecule has 0 aromatic carbocycles. The Morgan fingerprint density at radius 1 is 0.346 bits per heavy atom. The number of rotatable bonds is 68. The predicted octanol–water partition coefficient (Wildman–Crippen LogP) is 23.6. The van der Waals surface area contributed by atoms with Gasteiger partial charge in [0.05, 0.1) is 25.4 Å². The Labute approximate surface area is 506 Å². The van der Waals surface area contributed by atoms with E-state index in [0.717, 1.165) is 51.4 Å². The zero-order chi connectivity index (χ0) is 58.5. The van der Waals surface area contributed by atoms with Gasteiger partial charge in [-0.15, -0.1) is 0 Å². The SMILES string of the molecule is CCCCC/C=C\C/C=C\CCCCCCCC(=O)OCCCCCCCCCCCCCC/C=C\CCCCCCCCCCCC(=O)NC(CO)C(O)/C=C/CCCCCCCCCCCCCCCCCCCCCCCC. The van der Waals surface area contributed by atoms with E-state index in [2.05, 4.69) is 55.6 Å². The first kappa shape index (κ1) is 78.8. The summed E-state index contributed by atoms with van der Waals surface area (Å²) in [5.41, 5.74) is 0. The monoisotopic (exact) mass is 1140 g/mol. The van der Waals surface area contributed by atoms with Crippen molar-refractivity contribution in [1.29, 1.82) is 0 Å². The highest BCUT2D eigenvalue weighted by Gasteiger charge is 2.18. The number of unbranched alkanes of at least 4 members (excludes halogenated alkanes) is 51. The first-order valence-corrected chi connectivity index (χ1v) is 36.4. The van der Waals surface area contributed by atoms with E-state index in [1.807, 2.05) is 6.08 Å². The van der Waals surface area contributed by atoms with E-state index >= 15 is 0 Å². The zero-order valence-electron chi connectivity index (χ0n) is 54.5. The second-order valence-corrected chi connectivity index (χ2v) is 24.9. The van der Waals surface area contributed by atoms with Crippen LogP contribution < -0.4 is 5.32 Å². The van der Waals surface area contributed by atoms with Crippen LogP contribution in [0, 0.1) is 0 Å². The Morgan fingerprint density at radius 3 is 0.975 bits per heavy atom. The Morgan fingerprint density at radius 2 is 0.617 bits per heavy atom. The molecule has 0 saturated carbocycles. The average molecular weight is 1140 g/mol. The van der Waals surface area contributed by atoms with Gasteiger partial charge >= 0.3 is 5.97 Å². The summed E-state index contributed by atoms with van der Waals surface area (Å²) in [6.07, 6.45) is 91.9. The zero-order valence-corrected chi connectivity index (χ0v) is 54.5. The normalized spacial score (nSPS) is 12.8. The van der Waals surface area contributed by atoms with Crippen molar-refractivity contribution in [2.24, 2.45) is 0 Å². The van der Waals surface area contributed by atoms with Crippen LogP contribution in [0.15, 0.2) is 48.6 Å². The molecule has 0 bridgehead atoms. The van der Waals surface area contributed by atoms with E-state index in [1.54, 1.807) is 6.08 Å².